The third-order valence-corrected chi connectivity index (χ3v) is 4.27. The number of hydrogen-bond acceptors (Lipinski definition) is 4. The van der Waals surface area contributed by atoms with Gasteiger partial charge >= 0.3 is 6.03 Å². The topological polar surface area (TPSA) is 81.8 Å². The molecule has 1 aromatic heterocycles. The van der Waals surface area contributed by atoms with Crippen molar-refractivity contribution < 1.29 is 9.18 Å². The van der Waals surface area contributed by atoms with Crippen molar-refractivity contribution in [2.24, 2.45) is 0 Å². The van der Waals surface area contributed by atoms with Gasteiger partial charge in [-0.3, -0.25) is 9.82 Å². The summed E-state index contributed by atoms with van der Waals surface area (Å²) in [6, 6.07) is 13.6. The number of rotatable bonds is 7. The fraction of sp³-hybridized carbons (Fsp3) is 0.111. The van der Waals surface area contributed by atoms with Gasteiger partial charge in [0.2, 0.25) is 0 Å². The quantitative estimate of drug-likeness (QED) is 0.478. The first-order chi connectivity index (χ1) is 12.7. The minimum Gasteiger partial charge on any atom is -0.334 e. The van der Waals surface area contributed by atoms with Crippen molar-refractivity contribution in [3.05, 3.63) is 77.9 Å². The van der Waals surface area contributed by atoms with Crippen molar-refractivity contribution >= 4 is 23.7 Å². The SMILES string of the molecule is O=C(NCc1cn[nH]c1)Nc1ccc(SNCc2cccc(F)c2)cc1. The maximum atomic E-state index is 13.1. The Bertz CT molecular complexity index is 839. The van der Waals surface area contributed by atoms with Gasteiger partial charge in [-0.2, -0.15) is 5.10 Å². The molecule has 0 atom stereocenters. The molecule has 134 valence electrons. The number of anilines is 1. The third kappa shape index (κ3) is 5.61. The summed E-state index contributed by atoms with van der Waals surface area (Å²) >= 11 is 1.45. The lowest BCUT2D eigenvalue weighted by Crippen LogP contribution is -2.27. The largest absolute Gasteiger partial charge is 0.334 e. The standard InChI is InChI=1S/C18H18FN5OS/c19-15-3-1-2-13(8-15)12-23-26-17-6-4-16(5-7-17)24-18(25)20-9-14-10-21-22-11-14/h1-8,10-11,23H,9,12H2,(H,21,22)(H2,20,24,25). The van der Waals surface area contributed by atoms with Crippen LogP contribution in [0.15, 0.2) is 65.8 Å². The molecule has 8 heteroatoms. The number of amides is 2. The zero-order valence-electron chi connectivity index (χ0n) is 13.8. The predicted molar refractivity (Wildman–Crippen MR) is 100.0 cm³/mol. The van der Waals surface area contributed by atoms with E-state index in [4.69, 9.17) is 0 Å². The molecule has 0 radical (unpaired) electrons. The summed E-state index contributed by atoms with van der Waals surface area (Å²) in [6.45, 7) is 0.957. The molecule has 2 amide bonds. The van der Waals surface area contributed by atoms with Gasteiger partial charge in [-0.25, -0.2) is 9.18 Å². The number of halogens is 1. The van der Waals surface area contributed by atoms with Crippen LogP contribution in [0.4, 0.5) is 14.9 Å². The van der Waals surface area contributed by atoms with Crippen LogP contribution in [0.2, 0.25) is 0 Å². The van der Waals surface area contributed by atoms with Crippen LogP contribution in [-0.2, 0) is 13.1 Å². The van der Waals surface area contributed by atoms with Gasteiger partial charge in [-0.05, 0) is 53.9 Å². The van der Waals surface area contributed by atoms with Crippen molar-refractivity contribution in [1.82, 2.24) is 20.2 Å². The number of urea groups is 1. The molecule has 1 heterocycles. The Morgan fingerprint density at radius 1 is 1.12 bits per heavy atom. The van der Waals surface area contributed by atoms with Crippen LogP contribution in [0.25, 0.3) is 0 Å². The summed E-state index contributed by atoms with van der Waals surface area (Å²) in [7, 11) is 0. The Morgan fingerprint density at radius 3 is 2.69 bits per heavy atom. The third-order valence-electron chi connectivity index (χ3n) is 3.48. The number of aromatic amines is 1. The van der Waals surface area contributed by atoms with Gasteiger partial charge in [0.25, 0.3) is 0 Å². The molecule has 0 bridgehead atoms. The number of benzene rings is 2. The first-order valence-electron chi connectivity index (χ1n) is 7.96. The highest BCUT2D eigenvalue weighted by molar-refractivity contribution is 7.97. The summed E-state index contributed by atoms with van der Waals surface area (Å²) in [4.78, 5) is 12.8. The molecule has 0 aliphatic rings. The molecule has 0 fully saturated rings. The first kappa shape index (κ1) is 18.0. The van der Waals surface area contributed by atoms with Gasteiger partial charge < -0.3 is 10.6 Å². The van der Waals surface area contributed by atoms with E-state index in [1.807, 2.05) is 30.3 Å². The molecule has 3 rings (SSSR count). The van der Waals surface area contributed by atoms with Crippen LogP contribution in [0.3, 0.4) is 0 Å². The zero-order chi connectivity index (χ0) is 18.2. The van der Waals surface area contributed by atoms with Gasteiger partial charge in [-0.15, -0.1) is 0 Å². The molecule has 0 saturated carbocycles. The molecular formula is C18H18FN5OS. The summed E-state index contributed by atoms with van der Waals surface area (Å²) in [5.74, 6) is -0.240. The van der Waals surface area contributed by atoms with Crippen LogP contribution in [0.5, 0.6) is 0 Å². The number of carbonyl (C=O) groups excluding carboxylic acids is 1. The maximum absolute atomic E-state index is 13.1. The van der Waals surface area contributed by atoms with Crippen molar-refractivity contribution in [3.63, 3.8) is 0 Å². The minimum absolute atomic E-state index is 0.240. The molecule has 0 aliphatic heterocycles. The van der Waals surface area contributed by atoms with Gasteiger partial charge in [0.1, 0.15) is 5.82 Å². The highest BCUT2D eigenvalue weighted by Gasteiger charge is 2.03. The number of hydrogen-bond donors (Lipinski definition) is 4. The molecule has 26 heavy (non-hydrogen) atoms. The zero-order valence-corrected chi connectivity index (χ0v) is 14.6. The van der Waals surface area contributed by atoms with Gasteiger partial charge in [0.15, 0.2) is 0 Å². The number of nitrogens with zero attached hydrogens (tertiary/aromatic N) is 1. The highest BCUT2D eigenvalue weighted by atomic mass is 32.2. The summed E-state index contributed by atoms with van der Waals surface area (Å²) < 4.78 is 16.3. The number of H-pyrrole nitrogens is 1. The second-order valence-corrected chi connectivity index (χ2v) is 6.46. The molecule has 0 aliphatic carbocycles. The number of nitrogens with one attached hydrogen (secondary N) is 4. The van der Waals surface area contributed by atoms with E-state index in [1.54, 1.807) is 18.5 Å². The van der Waals surface area contributed by atoms with Gasteiger partial charge in [0, 0.05) is 35.4 Å². The Hall–Kier alpha value is -2.84. The van der Waals surface area contributed by atoms with E-state index in [1.165, 1.54) is 24.1 Å². The summed E-state index contributed by atoms with van der Waals surface area (Å²) in [5, 5.41) is 12.0. The van der Waals surface area contributed by atoms with Gasteiger partial charge in [-0.1, -0.05) is 12.1 Å². The van der Waals surface area contributed by atoms with E-state index in [0.29, 0.717) is 18.8 Å². The van der Waals surface area contributed by atoms with Crippen LogP contribution >= 0.6 is 11.9 Å². The summed E-state index contributed by atoms with van der Waals surface area (Å²) in [5.41, 5.74) is 2.48. The monoisotopic (exact) mass is 371 g/mol. The van der Waals surface area contributed by atoms with Crippen LogP contribution < -0.4 is 15.4 Å². The lowest BCUT2D eigenvalue weighted by atomic mass is 10.2. The molecule has 3 aromatic rings. The van der Waals surface area contributed by atoms with Gasteiger partial charge in [0.05, 0.1) is 6.20 Å². The van der Waals surface area contributed by atoms with E-state index in [0.717, 1.165) is 16.0 Å². The Balaban J connectivity index is 1.42. The molecule has 0 saturated heterocycles. The van der Waals surface area contributed by atoms with Crippen molar-refractivity contribution in [2.45, 2.75) is 18.0 Å². The van der Waals surface area contributed by atoms with Crippen LogP contribution in [0.1, 0.15) is 11.1 Å². The maximum Gasteiger partial charge on any atom is 0.319 e. The van der Waals surface area contributed by atoms with E-state index >= 15 is 0 Å². The Morgan fingerprint density at radius 2 is 1.96 bits per heavy atom. The van der Waals surface area contributed by atoms with E-state index in [2.05, 4.69) is 25.6 Å². The Kier molecular flexibility index (Phi) is 6.24. The number of aromatic nitrogens is 2. The van der Waals surface area contributed by atoms with E-state index in [9.17, 15) is 9.18 Å². The fourth-order valence-electron chi connectivity index (χ4n) is 2.19. The lowest BCUT2D eigenvalue weighted by Gasteiger charge is -2.08. The fourth-order valence-corrected chi connectivity index (χ4v) is 2.87. The second-order valence-electron chi connectivity index (χ2n) is 5.49. The van der Waals surface area contributed by atoms with E-state index < -0.39 is 0 Å². The average Bonchev–Trinajstić information content (AvgIpc) is 3.15. The normalized spacial score (nSPS) is 10.5. The molecule has 0 unspecified atom stereocenters. The predicted octanol–water partition coefficient (Wildman–Crippen LogP) is 3.67. The van der Waals surface area contributed by atoms with Crippen LogP contribution in [0, 0.1) is 5.82 Å². The summed E-state index contributed by atoms with van der Waals surface area (Å²) in [6.07, 6.45) is 3.38. The van der Waals surface area contributed by atoms with Crippen molar-refractivity contribution in [2.75, 3.05) is 5.32 Å². The molecule has 6 nitrogen and oxygen atoms in total. The minimum atomic E-state index is -0.282. The highest BCUT2D eigenvalue weighted by Crippen LogP contribution is 2.18. The molecule has 4 N–H and O–H groups in total. The van der Waals surface area contributed by atoms with E-state index in [-0.39, 0.29) is 11.8 Å². The molecular weight excluding hydrogens is 353 g/mol. The number of carbonyl (C=O) groups is 1. The van der Waals surface area contributed by atoms with Crippen molar-refractivity contribution in [1.29, 1.82) is 0 Å². The van der Waals surface area contributed by atoms with Crippen molar-refractivity contribution in [3.8, 4) is 0 Å². The molecule has 0 spiro atoms. The lowest BCUT2D eigenvalue weighted by molar-refractivity contribution is 0.251. The molecule has 2 aromatic carbocycles. The Labute approximate surface area is 154 Å². The smallest absolute Gasteiger partial charge is 0.319 e. The van der Waals surface area contributed by atoms with Crippen LogP contribution in [-0.4, -0.2) is 16.2 Å². The first-order valence-corrected chi connectivity index (χ1v) is 8.77. The average molecular weight is 371 g/mol. The second kappa shape index (κ2) is 9.02.